The molecule has 0 radical (unpaired) electrons. The van der Waals surface area contributed by atoms with Gasteiger partial charge in [0, 0.05) is 0 Å². The molecule has 7 nitrogen and oxygen atoms in total. The molecule has 1 aromatic carbocycles. The fraction of sp³-hybridized carbons (Fsp3) is 0.500. The predicted molar refractivity (Wildman–Crippen MR) is 93.7 cm³/mol. The van der Waals surface area contributed by atoms with E-state index in [0.717, 1.165) is 12.1 Å². The van der Waals surface area contributed by atoms with Gasteiger partial charge in [-0.1, -0.05) is 0 Å². The van der Waals surface area contributed by atoms with Crippen molar-refractivity contribution in [2.45, 2.75) is 57.6 Å². The van der Waals surface area contributed by atoms with Crippen LogP contribution in [-0.4, -0.2) is 55.0 Å². The van der Waals surface area contributed by atoms with Gasteiger partial charge in [0.25, 0.3) is 10.1 Å². The van der Waals surface area contributed by atoms with E-state index in [9.17, 15) is 22.6 Å². The second-order valence-electron chi connectivity index (χ2n) is 7.19. The number of rotatable bonds is 3. The van der Waals surface area contributed by atoms with Gasteiger partial charge in [-0.25, -0.2) is 9.59 Å². The molecule has 0 aliphatic rings. The summed E-state index contributed by atoms with van der Waals surface area (Å²) in [7, 11) is -4.74. The van der Waals surface area contributed by atoms with Crippen molar-refractivity contribution in [3.05, 3.63) is 29.3 Å². The summed E-state index contributed by atoms with van der Waals surface area (Å²) >= 11 is 0. The third kappa shape index (κ3) is 7.61. The van der Waals surface area contributed by atoms with E-state index in [1.54, 1.807) is 41.5 Å². The van der Waals surface area contributed by atoms with E-state index in [2.05, 4.69) is 0 Å². The molecule has 25 heavy (non-hydrogen) atoms. The first kappa shape index (κ1) is 23.7. The van der Waals surface area contributed by atoms with E-state index in [1.807, 2.05) is 0 Å². The molecule has 0 atom stereocenters. The molecule has 0 spiro atoms. The molecule has 1 aromatic rings. The molecule has 136 valence electrons. The Kier molecular flexibility index (Phi) is 7.49. The third-order valence-electron chi connectivity index (χ3n) is 2.51. The van der Waals surface area contributed by atoms with E-state index >= 15 is 0 Å². The van der Waals surface area contributed by atoms with Gasteiger partial charge in [-0.05, 0) is 59.7 Å². The molecule has 9 heteroatoms. The summed E-state index contributed by atoms with van der Waals surface area (Å²) in [5.74, 6) is -1.70. The summed E-state index contributed by atoms with van der Waals surface area (Å²) in [4.78, 5) is 23.5. The first-order valence-corrected chi connectivity index (χ1v) is 8.62. The maximum absolute atomic E-state index is 12.1. The third-order valence-corrected chi connectivity index (χ3v) is 3.41. The standard InChI is InChI=1S/C16H22O7S.Li.H/c1-15(2,3)22-13(17)10-7-8-11(12(9-10)24(19,20)21)14(18)23-16(4,5)6;;/h7-9H,1-6H3,(H,19,20,21);;. The van der Waals surface area contributed by atoms with Crippen molar-refractivity contribution in [3.8, 4) is 0 Å². The van der Waals surface area contributed by atoms with Gasteiger partial charge in [0.05, 0.1) is 11.1 Å². The normalized spacial score (nSPS) is 12.1. The summed E-state index contributed by atoms with van der Waals surface area (Å²) in [6, 6.07) is 3.24. The van der Waals surface area contributed by atoms with Crippen LogP contribution >= 0.6 is 0 Å². The average Bonchev–Trinajstić information content (AvgIpc) is 2.32. The van der Waals surface area contributed by atoms with Gasteiger partial charge in [0.15, 0.2) is 0 Å². The SMILES string of the molecule is CC(C)(C)OC(=O)c1ccc(C(=O)OC(C)(C)C)c(S(=O)(=O)O)c1.[LiH]. The van der Waals surface area contributed by atoms with Crippen LogP contribution in [0.15, 0.2) is 23.1 Å². The zero-order valence-electron chi connectivity index (χ0n) is 14.5. The topological polar surface area (TPSA) is 107 Å². The fourth-order valence-corrected chi connectivity index (χ4v) is 2.41. The Morgan fingerprint density at radius 1 is 0.920 bits per heavy atom. The summed E-state index contributed by atoms with van der Waals surface area (Å²) < 4.78 is 42.8. The van der Waals surface area contributed by atoms with Crippen molar-refractivity contribution < 1.29 is 32.0 Å². The Balaban J connectivity index is 0.00000576. The van der Waals surface area contributed by atoms with Crippen molar-refractivity contribution in [2.75, 3.05) is 0 Å². The van der Waals surface area contributed by atoms with Crippen LogP contribution in [0.3, 0.4) is 0 Å². The van der Waals surface area contributed by atoms with E-state index in [1.165, 1.54) is 6.07 Å². The van der Waals surface area contributed by atoms with Crippen molar-refractivity contribution >= 4 is 40.9 Å². The molecular weight excluding hydrogens is 343 g/mol. The number of carbonyl (C=O) groups excluding carboxylic acids is 2. The van der Waals surface area contributed by atoms with Crippen LogP contribution in [-0.2, 0) is 19.6 Å². The molecule has 1 N–H and O–H groups in total. The average molecular weight is 366 g/mol. The molecule has 0 fully saturated rings. The van der Waals surface area contributed by atoms with E-state index in [-0.39, 0.29) is 30.0 Å². The Hall–Kier alpha value is -1.33. The van der Waals surface area contributed by atoms with Crippen molar-refractivity contribution in [3.63, 3.8) is 0 Å². The van der Waals surface area contributed by atoms with E-state index in [0.29, 0.717) is 0 Å². The maximum atomic E-state index is 12.1. The van der Waals surface area contributed by atoms with Crippen LogP contribution in [0.1, 0.15) is 62.3 Å². The van der Waals surface area contributed by atoms with Crippen LogP contribution in [0.25, 0.3) is 0 Å². The zero-order valence-corrected chi connectivity index (χ0v) is 15.4. The number of benzene rings is 1. The molecule has 0 unspecified atom stereocenters. The van der Waals surface area contributed by atoms with Crippen molar-refractivity contribution in [1.29, 1.82) is 0 Å². The van der Waals surface area contributed by atoms with E-state index in [4.69, 9.17) is 9.47 Å². The minimum atomic E-state index is -4.74. The van der Waals surface area contributed by atoms with Gasteiger partial charge in [-0.2, -0.15) is 8.42 Å². The second-order valence-corrected chi connectivity index (χ2v) is 8.58. The number of hydrogen-bond acceptors (Lipinski definition) is 6. The van der Waals surface area contributed by atoms with Crippen LogP contribution in [0.4, 0.5) is 0 Å². The Morgan fingerprint density at radius 3 is 1.76 bits per heavy atom. The Morgan fingerprint density at radius 2 is 1.36 bits per heavy atom. The number of esters is 2. The first-order chi connectivity index (χ1) is 10.6. The fourth-order valence-electron chi connectivity index (χ4n) is 1.70. The minimum absolute atomic E-state index is 0. The second kappa shape index (κ2) is 7.92. The molecule has 0 aromatic heterocycles. The quantitative estimate of drug-likeness (QED) is 0.496. The first-order valence-electron chi connectivity index (χ1n) is 7.18. The predicted octanol–water partition coefficient (Wildman–Crippen LogP) is 2.20. The molecule has 0 amide bonds. The van der Waals surface area contributed by atoms with Gasteiger partial charge >= 0.3 is 30.8 Å². The summed E-state index contributed by atoms with van der Waals surface area (Å²) in [5.41, 5.74) is -2.10. The van der Waals surface area contributed by atoms with Crippen LogP contribution in [0, 0.1) is 0 Å². The Bertz CT molecular complexity index is 756. The number of hydrogen-bond donors (Lipinski definition) is 1. The van der Waals surface area contributed by atoms with Crippen molar-refractivity contribution in [2.24, 2.45) is 0 Å². The van der Waals surface area contributed by atoms with Crippen LogP contribution < -0.4 is 0 Å². The molecule has 1 rings (SSSR count). The Labute approximate surface area is 160 Å². The summed E-state index contributed by atoms with van der Waals surface area (Å²) in [6.45, 7) is 9.82. The van der Waals surface area contributed by atoms with Gasteiger partial charge in [0.2, 0.25) is 0 Å². The zero-order chi connectivity index (χ0) is 18.9. The number of carbonyl (C=O) groups is 2. The molecule has 0 saturated heterocycles. The summed E-state index contributed by atoms with van der Waals surface area (Å²) in [6.07, 6.45) is 0. The van der Waals surface area contributed by atoms with Crippen LogP contribution in [0.2, 0.25) is 0 Å². The van der Waals surface area contributed by atoms with Gasteiger partial charge in [-0.3, -0.25) is 4.55 Å². The molecule has 0 aliphatic heterocycles. The van der Waals surface area contributed by atoms with E-state index < -0.39 is 38.2 Å². The molecule has 0 aliphatic carbocycles. The molecule has 0 heterocycles. The monoisotopic (exact) mass is 366 g/mol. The van der Waals surface area contributed by atoms with Crippen LogP contribution in [0.5, 0.6) is 0 Å². The molecule has 0 bridgehead atoms. The van der Waals surface area contributed by atoms with Crippen molar-refractivity contribution in [1.82, 2.24) is 0 Å². The van der Waals surface area contributed by atoms with Gasteiger partial charge in [-0.15, -0.1) is 0 Å². The molecule has 0 saturated carbocycles. The summed E-state index contributed by atoms with van der Waals surface area (Å²) in [5, 5.41) is 0. The van der Waals surface area contributed by atoms with Gasteiger partial charge < -0.3 is 9.47 Å². The molecular formula is C16H23LiO7S. The number of ether oxygens (including phenoxy) is 2. The van der Waals surface area contributed by atoms with Gasteiger partial charge in [0.1, 0.15) is 16.1 Å².